The summed E-state index contributed by atoms with van der Waals surface area (Å²) in [6.07, 6.45) is 1.99. The standard InChI is InChI=1S/C23H23N5O2/c1-16-4-2-3-5-17(16)15-27-10-8-19(9-11-27)25-23-12-18(14-24)21-13-20(28(29)30)6-7-22(21)26-23/h2-7,12-13,19H,8-11,15H2,1H3,(H,25,26). The predicted octanol–water partition coefficient (Wildman–Crippen LogP) is 4.40. The van der Waals surface area contributed by atoms with Crippen LogP contribution in [0.5, 0.6) is 0 Å². The first kappa shape index (κ1) is 19.8. The van der Waals surface area contributed by atoms with Gasteiger partial charge in [-0.05, 0) is 43.0 Å². The fourth-order valence-corrected chi connectivity index (χ4v) is 3.97. The Morgan fingerprint density at radius 2 is 2.00 bits per heavy atom. The zero-order valence-electron chi connectivity index (χ0n) is 16.8. The van der Waals surface area contributed by atoms with Crippen molar-refractivity contribution in [3.63, 3.8) is 0 Å². The fourth-order valence-electron chi connectivity index (χ4n) is 3.97. The highest BCUT2D eigenvalue weighted by Crippen LogP contribution is 2.26. The van der Waals surface area contributed by atoms with Crippen molar-refractivity contribution in [2.75, 3.05) is 18.4 Å². The van der Waals surface area contributed by atoms with Gasteiger partial charge >= 0.3 is 0 Å². The monoisotopic (exact) mass is 401 g/mol. The van der Waals surface area contributed by atoms with E-state index < -0.39 is 4.92 Å². The third kappa shape index (κ3) is 4.24. The molecule has 0 saturated carbocycles. The SMILES string of the molecule is Cc1ccccc1CN1CCC(Nc2cc(C#N)c3cc([N+](=O)[O-])ccc3n2)CC1. The van der Waals surface area contributed by atoms with E-state index in [1.807, 2.05) is 0 Å². The number of hydrogen-bond acceptors (Lipinski definition) is 6. The molecule has 1 aliphatic heterocycles. The van der Waals surface area contributed by atoms with E-state index >= 15 is 0 Å². The van der Waals surface area contributed by atoms with E-state index in [1.165, 1.54) is 23.3 Å². The maximum absolute atomic E-state index is 11.0. The molecule has 0 spiro atoms. The van der Waals surface area contributed by atoms with Crippen molar-refractivity contribution in [1.82, 2.24) is 9.88 Å². The number of fused-ring (bicyclic) bond motifs is 1. The Balaban J connectivity index is 1.44. The van der Waals surface area contributed by atoms with Crippen molar-refractivity contribution in [2.24, 2.45) is 0 Å². The van der Waals surface area contributed by atoms with Gasteiger partial charge in [-0.1, -0.05) is 24.3 Å². The molecule has 3 aromatic rings. The van der Waals surface area contributed by atoms with Gasteiger partial charge in [0.15, 0.2) is 0 Å². The largest absolute Gasteiger partial charge is 0.367 e. The minimum absolute atomic E-state index is 0.0393. The number of aryl methyl sites for hydroxylation is 1. The summed E-state index contributed by atoms with van der Waals surface area (Å²) in [6, 6.07) is 17.0. The second kappa shape index (κ2) is 8.47. The number of nitriles is 1. The van der Waals surface area contributed by atoms with Gasteiger partial charge in [-0.3, -0.25) is 15.0 Å². The van der Waals surface area contributed by atoms with Gasteiger partial charge in [0, 0.05) is 43.2 Å². The predicted molar refractivity (Wildman–Crippen MR) is 116 cm³/mol. The lowest BCUT2D eigenvalue weighted by Gasteiger charge is -2.33. The van der Waals surface area contributed by atoms with E-state index in [-0.39, 0.29) is 11.7 Å². The Kier molecular flexibility index (Phi) is 5.59. The lowest BCUT2D eigenvalue weighted by molar-refractivity contribution is -0.384. The number of benzene rings is 2. The molecule has 4 rings (SSSR count). The molecule has 2 aromatic carbocycles. The van der Waals surface area contributed by atoms with Crippen LogP contribution < -0.4 is 5.32 Å². The van der Waals surface area contributed by atoms with Crippen molar-refractivity contribution in [3.05, 3.63) is 75.3 Å². The van der Waals surface area contributed by atoms with Crippen molar-refractivity contribution in [3.8, 4) is 6.07 Å². The van der Waals surface area contributed by atoms with Gasteiger partial charge in [0.25, 0.3) is 5.69 Å². The Morgan fingerprint density at radius 3 is 2.70 bits per heavy atom. The van der Waals surface area contributed by atoms with Crippen LogP contribution >= 0.6 is 0 Å². The second-order valence-corrected chi connectivity index (χ2v) is 7.75. The summed E-state index contributed by atoms with van der Waals surface area (Å²) >= 11 is 0. The normalized spacial score (nSPS) is 15.1. The quantitative estimate of drug-likeness (QED) is 0.503. The number of nitro groups is 1. The smallest absolute Gasteiger partial charge is 0.270 e. The molecule has 1 N–H and O–H groups in total. The summed E-state index contributed by atoms with van der Waals surface area (Å²) in [4.78, 5) is 17.6. The highest BCUT2D eigenvalue weighted by Gasteiger charge is 2.20. The molecular formula is C23H23N5O2. The number of rotatable bonds is 5. The average molecular weight is 401 g/mol. The fraction of sp³-hybridized carbons (Fsp3) is 0.304. The van der Waals surface area contributed by atoms with Crippen LogP contribution in [0, 0.1) is 28.4 Å². The van der Waals surface area contributed by atoms with Crippen LogP contribution in [0.25, 0.3) is 10.9 Å². The van der Waals surface area contributed by atoms with E-state index in [4.69, 9.17) is 0 Å². The van der Waals surface area contributed by atoms with Crippen LogP contribution in [0.15, 0.2) is 48.5 Å². The minimum atomic E-state index is -0.461. The molecule has 0 unspecified atom stereocenters. The molecule has 7 heteroatoms. The molecular weight excluding hydrogens is 378 g/mol. The first-order valence-electron chi connectivity index (χ1n) is 10.1. The number of pyridine rings is 1. The van der Waals surface area contributed by atoms with Gasteiger partial charge in [0.1, 0.15) is 5.82 Å². The first-order valence-corrected chi connectivity index (χ1v) is 10.1. The Labute approximate surface area is 175 Å². The number of nitrogens with one attached hydrogen (secondary N) is 1. The highest BCUT2D eigenvalue weighted by molar-refractivity contribution is 5.88. The van der Waals surface area contributed by atoms with E-state index in [2.05, 4.69) is 52.5 Å². The molecule has 1 fully saturated rings. The first-order chi connectivity index (χ1) is 14.5. The maximum Gasteiger partial charge on any atom is 0.270 e. The van der Waals surface area contributed by atoms with Gasteiger partial charge in [0.2, 0.25) is 0 Å². The number of hydrogen-bond donors (Lipinski definition) is 1. The van der Waals surface area contributed by atoms with E-state index in [9.17, 15) is 15.4 Å². The van der Waals surface area contributed by atoms with E-state index in [0.29, 0.717) is 22.3 Å². The van der Waals surface area contributed by atoms with Crippen LogP contribution in [0.1, 0.15) is 29.5 Å². The van der Waals surface area contributed by atoms with Gasteiger partial charge < -0.3 is 5.32 Å². The van der Waals surface area contributed by atoms with Gasteiger partial charge in [-0.2, -0.15) is 5.26 Å². The van der Waals surface area contributed by atoms with Crippen molar-refractivity contribution < 1.29 is 4.92 Å². The van der Waals surface area contributed by atoms with Crippen LogP contribution in [-0.4, -0.2) is 33.9 Å². The third-order valence-corrected chi connectivity index (χ3v) is 5.72. The Hall–Kier alpha value is -3.50. The van der Waals surface area contributed by atoms with E-state index in [1.54, 1.807) is 12.1 Å². The molecule has 0 bridgehead atoms. The van der Waals surface area contributed by atoms with Crippen molar-refractivity contribution in [2.45, 2.75) is 32.4 Å². The molecule has 0 aliphatic carbocycles. The number of piperidine rings is 1. The molecule has 1 aliphatic rings. The molecule has 152 valence electrons. The molecule has 7 nitrogen and oxygen atoms in total. The van der Waals surface area contributed by atoms with Gasteiger partial charge in [-0.25, -0.2) is 4.98 Å². The zero-order valence-corrected chi connectivity index (χ0v) is 16.8. The van der Waals surface area contributed by atoms with Crippen LogP contribution in [0.2, 0.25) is 0 Å². The number of likely N-dealkylation sites (tertiary alicyclic amines) is 1. The third-order valence-electron chi connectivity index (χ3n) is 5.72. The molecule has 0 atom stereocenters. The molecule has 1 aromatic heterocycles. The molecule has 0 amide bonds. The summed E-state index contributed by atoms with van der Waals surface area (Å²) < 4.78 is 0. The summed E-state index contributed by atoms with van der Waals surface area (Å²) in [5.74, 6) is 0.644. The number of non-ortho nitro benzene ring substituents is 1. The lowest BCUT2D eigenvalue weighted by Crippen LogP contribution is -2.38. The number of anilines is 1. The van der Waals surface area contributed by atoms with Crippen molar-refractivity contribution in [1.29, 1.82) is 5.26 Å². The van der Waals surface area contributed by atoms with Crippen LogP contribution in [0.4, 0.5) is 11.5 Å². The minimum Gasteiger partial charge on any atom is -0.367 e. The van der Waals surface area contributed by atoms with Gasteiger partial charge in [-0.15, -0.1) is 0 Å². The summed E-state index contributed by atoms with van der Waals surface area (Å²) in [5, 5.41) is 24.5. The Bertz CT molecular complexity index is 1130. The molecule has 30 heavy (non-hydrogen) atoms. The van der Waals surface area contributed by atoms with Crippen LogP contribution in [0.3, 0.4) is 0 Å². The summed E-state index contributed by atoms with van der Waals surface area (Å²) in [7, 11) is 0. The second-order valence-electron chi connectivity index (χ2n) is 7.75. The average Bonchev–Trinajstić information content (AvgIpc) is 2.75. The zero-order chi connectivity index (χ0) is 21.1. The number of nitro benzene ring substituents is 1. The number of aromatic nitrogens is 1. The summed E-state index contributed by atoms with van der Waals surface area (Å²) in [5.41, 5.74) is 3.63. The van der Waals surface area contributed by atoms with Crippen molar-refractivity contribution >= 4 is 22.4 Å². The topological polar surface area (TPSA) is 95.1 Å². The van der Waals surface area contributed by atoms with Gasteiger partial charge in [0.05, 0.1) is 22.1 Å². The van der Waals surface area contributed by atoms with Crippen LogP contribution in [-0.2, 0) is 6.54 Å². The van der Waals surface area contributed by atoms with E-state index in [0.717, 1.165) is 32.5 Å². The molecule has 0 radical (unpaired) electrons. The maximum atomic E-state index is 11.0. The lowest BCUT2D eigenvalue weighted by atomic mass is 10.0. The summed E-state index contributed by atoms with van der Waals surface area (Å²) in [6.45, 7) is 5.11. The molecule has 1 saturated heterocycles. The Morgan fingerprint density at radius 1 is 1.23 bits per heavy atom. The highest BCUT2D eigenvalue weighted by atomic mass is 16.6. The number of nitrogens with zero attached hydrogens (tertiary/aromatic N) is 4. The molecule has 2 heterocycles.